The fourth-order valence-electron chi connectivity index (χ4n) is 4.04. The molecule has 2 aliphatic rings. The number of aromatic nitrogens is 2. The maximum absolute atomic E-state index is 12.7. The van der Waals surface area contributed by atoms with Crippen molar-refractivity contribution in [2.75, 3.05) is 26.2 Å². The van der Waals surface area contributed by atoms with Gasteiger partial charge in [-0.15, -0.1) is 0 Å². The summed E-state index contributed by atoms with van der Waals surface area (Å²) in [5.74, 6) is 0.362. The number of carbonyl (C=O) groups excluding carboxylic acids is 1. The number of carbonyl (C=O) groups is 1. The first-order valence-electron chi connectivity index (χ1n) is 9.89. The van der Waals surface area contributed by atoms with Gasteiger partial charge in [0.2, 0.25) is 5.91 Å². The van der Waals surface area contributed by atoms with Gasteiger partial charge in [0, 0.05) is 38.3 Å². The van der Waals surface area contributed by atoms with Gasteiger partial charge in [-0.25, -0.2) is 13.4 Å². The van der Waals surface area contributed by atoms with Crippen molar-refractivity contribution in [1.82, 2.24) is 18.8 Å². The molecule has 2 aliphatic heterocycles. The number of piperidine rings is 1. The van der Waals surface area contributed by atoms with E-state index in [1.807, 2.05) is 23.1 Å². The van der Waals surface area contributed by atoms with Crippen LogP contribution in [0.1, 0.15) is 37.2 Å². The maximum atomic E-state index is 12.7. The van der Waals surface area contributed by atoms with Gasteiger partial charge in [-0.2, -0.15) is 4.31 Å². The smallest absolute Gasteiger partial charge is 0.262 e. The second-order valence-corrected chi connectivity index (χ2v) is 9.47. The molecule has 0 saturated carbocycles. The molecule has 2 aromatic rings. The number of hydrogen-bond acceptors (Lipinski definition) is 4. The Hall–Kier alpha value is -2.19. The van der Waals surface area contributed by atoms with Gasteiger partial charge in [0.05, 0.1) is 6.33 Å². The average Bonchev–Trinajstić information content (AvgIpc) is 3.39. The molecular formula is C20H26N4O3S. The lowest BCUT2D eigenvalue weighted by Crippen LogP contribution is -2.35. The summed E-state index contributed by atoms with van der Waals surface area (Å²) in [6.07, 6.45) is 6.71. The zero-order chi connectivity index (χ0) is 19.6. The van der Waals surface area contributed by atoms with Crippen molar-refractivity contribution in [3.63, 3.8) is 0 Å². The van der Waals surface area contributed by atoms with Crippen LogP contribution in [0.3, 0.4) is 0 Å². The van der Waals surface area contributed by atoms with E-state index >= 15 is 0 Å². The van der Waals surface area contributed by atoms with E-state index in [1.54, 1.807) is 4.57 Å². The van der Waals surface area contributed by atoms with Crippen LogP contribution in [0.15, 0.2) is 47.9 Å². The van der Waals surface area contributed by atoms with Crippen molar-refractivity contribution < 1.29 is 13.2 Å². The van der Waals surface area contributed by atoms with Crippen molar-refractivity contribution >= 4 is 15.9 Å². The second kappa shape index (κ2) is 8.05. The lowest BCUT2D eigenvalue weighted by atomic mass is 9.99. The van der Waals surface area contributed by atoms with Crippen molar-refractivity contribution in [1.29, 1.82) is 0 Å². The summed E-state index contributed by atoms with van der Waals surface area (Å²) in [7, 11) is -3.56. The molecule has 8 heteroatoms. The molecule has 0 aliphatic carbocycles. The van der Waals surface area contributed by atoms with Crippen molar-refractivity contribution in [3.8, 4) is 0 Å². The fraction of sp³-hybridized carbons (Fsp3) is 0.500. The van der Waals surface area contributed by atoms with Crippen LogP contribution in [0.25, 0.3) is 0 Å². The largest absolute Gasteiger partial charge is 0.341 e. The Balaban J connectivity index is 1.38. The summed E-state index contributed by atoms with van der Waals surface area (Å²) in [4.78, 5) is 18.6. The summed E-state index contributed by atoms with van der Waals surface area (Å²) in [5.41, 5.74) is 1.26. The minimum absolute atomic E-state index is 0.00208. The van der Waals surface area contributed by atoms with E-state index in [2.05, 4.69) is 17.1 Å². The highest BCUT2D eigenvalue weighted by Gasteiger charge is 2.29. The molecule has 2 saturated heterocycles. The molecule has 0 radical (unpaired) electrons. The van der Waals surface area contributed by atoms with E-state index in [4.69, 9.17) is 0 Å². The number of sulfonamides is 1. The van der Waals surface area contributed by atoms with Gasteiger partial charge in [0.1, 0.15) is 6.54 Å². The molecule has 1 aromatic carbocycles. The first-order chi connectivity index (χ1) is 13.5. The van der Waals surface area contributed by atoms with Crippen LogP contribution < -0.4 is 0 Å². The van der Waals surface area contributed by atoms with E-state index in [-0.39, 0.29) is 17.5 Å². The van der Waals surface area contributed by atoms with Crippen LogP contribution in [0.2, 0.25) is 0 Å². The van der Waals surface area contributed by atoms with E-state index in [0.717, 1.165) is 32.2 Å². The SMILES string of the molecule is O=C(Cn1cnc(S(=O)(=O)N2CCCCC2)c1)N1CC[C@H](c2ccccc2)C1. The second-order valence-electron chi connectivity index (χ2n) is 7.59. The van der Waals surface area contributed by atoms with E-state index in [0.29, 0.717) is 25.6 Å². The lowest BCUT2D eigenvalue weighted by Gasteiger charge is -2.24. The van der Waals surface area contributed by atoms with Crippen LogP contribution in [-0.4, -0.2) is 59.3 Å². The average molecular weight is 403 g/mol. The molecule has 0 bridgehead atoms. The van der Waals surface area contributed by atoms with Gasteiger partial charge in [0.25, 0.3) is 10.0 Å². The third-order valence-electron chi connectivity index (χ3n) is 5.66. The normalized spacial score (nSPS) is 21.1. The zero-order valence-corrected chi connectivity index (χ0v) is 16.7. The molecule has 0 unspecified atom stereocenters. The Kier molecular flexibility index (Phi) is 5.50. The minimum Gasteiger partial charge on any atom is -0.341 e. The predicted octanol–water partition coefficient (Wildman–Crippen LogP) is 2.07. The number of likely N-dealkylation sites (tertiary alicyclic amines) is 1. The Morgan fingerprint density at radius 3 is 2.57 bits per heavy atom. The quantitative estimate of drug-likeness (QED) is 0.767. The molecule has 1 amide bonds. The molecule has 0 spiro atoms. The minimum atomic E-state index is -3.56. The van der Waals surface area contributed by atoms with Crippen molar-refractivity contribution in [2.45, 2.75) is 43.2 Å². The van der Waals surface area contributed by atoms with Crippen LogP contribution in [0, 0.1) is 0 Å². The molecule has 150 valence electrons. The van der Waals surface area contributed by atoms with Crippen molar-refractivity contribution in [2.24, 2.45) is 0 Å². The van der Waals surface area contributed by atoms with Crippen LogP contribution in [0.5, 0.6) is 0 Å². The third kappa shape index (κ3) is 3.98. The highest BCUT2D eigenvalue weighted by atomic mass is 32.2. The Labute approximate surface area is 166 Å². The number of hydrogen-bond donors (Lipinski definition) is 0. The van der Waals surface area contributed by atoms with E-state index < -0.39 is 10.0 Å². The molecule has 1 atom stereocenters. The maximum Gasteiger partial charge on any atom is 0.262 e. The molecule has 7 nitrogen and oxygen atoms in total. The lowest BCUT2D eigenvalue weighted by molar-refractivity contribution is -0.130. The van der Waals surface area contributed by atoms with Crippen LogP contribution in [0.4, 0.5) is 0 Å². The van der Waals surface area contributed by atoms with Gasteiger partial charge in [-0.05, 0) is 24.8 Å². The summed E-state index contributed by atoms with van der Waals surface area (Å²) in [5, 5.41) is 0.0331. The molecule has 3 heterocycles. The van der Waals surface area contributed by atoms with Gasteiger partial charge in [-0.1, -0.05) is 36.8 Å². The van der Waals surface area contributed by atoms with E-state index in [9.17, 15) is 13.2 Å². The van der Waals surface area contributed by atoms with Crippen LogP contribution >= 0.6 is 0 Å². The highest BCUT2D eigenvalue weighted by molar-refractivity contribution is 7.89. The number of rotatable bonds is 5. The summed E-state index contributed by atoms with van der Waals surface area (Å²) in [6.45, 7) is 2.64. The van der Waals surface area contributed by atoms with Gasteiger partial charge >= 0.3 is 0 Å². The van der Waals surface area contributed by atoms with Gasteiger partial charge in [-0.3, -0.25) is 4.79 Å². The molecule has 4 rings (SSSR count). The standard InChI is InChI=1S/C20H26N4O3S/c25-20(23-12-9-18(13-23)17-7-3-1-4-8-17)15-22-14-19(21-16-22)28(26,27)24-10-5-2-6-11-24/h1,3-4,7-8,14,16,18H,2,5-6,9-13,15H2/t18-/m0/s1. The molecule has 28 heavy (non-hydrogen) atoms. The summed E-state index contributed by atoms with van der Waals surface area (Å²) < 4.78 is 28.5. The van der Waals surface area contributed by atoms with Crippen LogP contribution in [-0.2, 0) is 21.4 Å². The Bertz CT molecular complexity index is 920. The fourth-order valence-corrected chi connectivity index (χ4v) is 5.49. The number of amides is 1. The molecule has 0 N–H and O–H groups in total. The number of benzene rings is 1. The molecule has 1 aromatic heterocycles. The van der Waals surface area contributed by atoms with Gasteiger partial charge in [0.15, 0.2) is 5.03 Å². The third-order valence-corrected chi connectivity index (χ3v) is 7.44. The molecule has 2 fully saturated rings. The predicted molar refractivity (Wildman–Crippen MR) is 105 cm³/mol. The Morgan fingerprint density at radius 1 is 1.07 bits per heavy atom. The number of imidazole rings is 1. The summed E-state index contributed by atoms with van der Waals surface area (Å²) >= 11 is 0. The Morgan fingerprint density at radius 2 is 1.82 bits per heavy atom. The van der Waals surface area contributed by atoms with Crippen molar-refractivity contribution in [3.05, 3.63) is 48.4 Å². The number of nitrogens with zero attached hydrogens (tertiary/aromatic N) is 4. The first-order valence-corrected chi connectivity index (χ1v) is 11.3. The molecular weight excluding hydrogens is 376 g/mol. The zero-order valence-electron chi connectivity index (χ0n) is 15.9. The first kappa shape index (κ1) is 19.1. The monoisotopic (exact) mass is 402 g/mol. The highest BCUT2D eigenvalue weighted by Crippen LogP contribution is 2.27. The topological polar surface area (TPSA) is 75.5 Å². The van der Waals surface area contributed by atoms with E-state index in [1.165, 1.54) is 22.4 Å². The van der Waals surface area contributed by atoms with Gasteiger partial charge < -0.3 is 9.47 Å². The summed E-state index contributed by atoms with van der Waals surface area (Å²) in [6, 6.07) is 10.2.